The van der Waals surface area contributed by atoms with Gasteiger partial charge in [0, 0.05) is 12.5 Å². The van der Waals surface area contributed by atoms with Crippen molar-refractivity contribution in [3.63, 3.8) is 0 Å². The third kappa shape index (κ3) is 3.75. The Labute approximate surface area is 122 Å². The lowest BCUT2D eigenvalue weighted by molar-refractivity contribution is -0.182. The molecule has 1 aliphatic rings. The van der Waals surface area contributed by atoms with Gasteiger partial charge in [0.2, 0.25) is 0 Å². The van der Waals surface area contributed by atoms with Crippen LogP contribution in [0, 0.1) is 11.8 Å². The second-order valence-corrected chi connectivity index (χ2v) is 6.27. The van der Waals surface area contributed by atoms with E-state index in [4.69, 9.17) is 5.73 Å². The van der Waals surface area contributed by atoms with Crippen molar-refractivity contribution in [3.8, 4) is 0 Å². The molecule has 0 spiro atoms. The standard InChI is InChI=1S/C14H23F3N4/c1-9(2)8-21-12(7-18)19-20-13(21)10-3-5-11(6-4-10)14(15,16)17/h9-11H,3-8,18H2,1-2H3. The average Bonchev–Trinajstić information content (AvgIpc) is 2.80. The van der Waals surface area contributed by atoms with E-state index in [-0.39, 0.29) is 18.8 Å². The molecule has 1 heterocycles. The summed E-state index contributed by atoms with van der Waals surface area (Å²) in [5.41, 5.74) is 5.68. The maximum Gasteiger partial charge on any atom is 0.391 e. The number of hydrogen-bond donors (Lipinski definition) is 1. The summed E-state index contributed by atoms with van der Waals surface area (Å²) in [6.45, 7) is 5.24. The van der Waals surface area contributed by atoms with Crippen LogP contribution in [-0.4, -0.2) is 20.9 Å². The van der Waals surface area contributed by atoms with E-state index in [0.29, 0.717) is 25.3 Å². The van der Waals surface area contributed by atoms with E-state index in [1.807, 2.05) is 4.57 Å². The summed E-state index contributed by atoms with van der Waals surface area (Å²) < 4.78 is 40.2. The van der Waals surface area contributed by atoms with Gasteiger partial charge in [0.15, 0.2) is 0 Å². The van der Waals surface area contributed by atoms with Crippen LogP contribution in [-0.2, 0) is 13.1 Å². The number of alkyl halides is 3. The highest BCUT2D eigenvalue weighted by Crippen LogP contribution is 2.42. The van der Waals surface area contributed by atoms with Crippen LogP contribution < -0.4 is 5.73 Å². The van der Waals surface area contributed by atoms with Crippen molar-refractivity contribution in [3.05, 3.63) is 11.6 Å². The summed E-state index contributed by atoms with van der Waals surface area (Å²) in [5.74, 6) is 0.845. The van der Waals surface area contributed by atoms with E-state index < -0.39 is 12.1 Å². The summed E-state index contributed by atoms with van der Waals surface area (Å²) in [6.07, 6.45) is -2.67. The van der Waals surface area contributed by atoms with Crippen molar-refractivity contribution in [1.29, 1.82) is 0 Å². The second-order valence-electron chi connectivity index (χ2n) is 6.27. The Bertz CT molecular complexity index is 459. The zero-order valence-corrected chi connectivity index (χ0v) is 12.5. The SMILES string of the molecule is CC(C)Cn1c(CN)nnc1C1CCC(C(F)(F)F)CC1. The van der Waals surface area contributed by atoms with Gasteiger partial charge < -0.3 is 10.3 Å². The Kier molecular flexibility index (Phi) is 4.91. The lowest BCUT2D eigenvalue weighted by Gasteiger charge is -2.29. The minimum Gasteiger partial charge on any atom is -0.324 e. The molecule has 1 aromatic heterocycles. The fourth-order valence-electron chi connectivity index (χ4n) is 3.05. The van der Waals surface area contributed by atoms with Crippen LogP contribution in [0.3, 0.4) is 0 Å². The predicted molar refractivity (Wildman–Crippen MR) is 73.5 cm³/mol. The molecule has 0 aliphatic heterocycles. The van der Waals surface area contributed by atoms with Gasteiger partial charge in [-0.15, -0.1) is 10.2 Å². The fraction of sp³-hybridized carbons (Fsp3) is 0.857. The van der Waals surface area contributed by atoms with Gasteiger partial charge in [-0.25, -0.2) is 0 Å². The van der Waals surface area contributed by atoms with Crippen LogP contribution >= 0.6 is 0 Å². The molecular formula is C14H23F3N4. The maximum atomic E-state index is 12.7. The molecule has 0 bridgehead atoms. The molecule has 1 aliphatic carbocycles. The molecule has 120 valence electrons. The third-order valence-corrected chi connectivity index (χ3v) is 4.14. The molecule has 1 saturated carbocycles. The zero-order valence-electron chi connectivity index (χ0n) is 12.5. The van der Waals surface area contributed by atoms with Gasteiger partial charge in [-0.1, -0.05) is 13.8 Å². The number of halogens is 3. The van der Waals surface area contributed by atoms with Gasteiger partial charge in [0.25, 0.3) is 0 Å². The lowest BCUT2D eigenvalue weighted by Crippen LogP contribution is -2.28. The van der Waals surface area contributed by atoms with E-state index in [1.165, 1.54) is 0 Å². The normalized spacial score (nSPS) is 23.8. The van der Waals surface area contributed by atoms with Crippen molar-refractivity contribution in [2.75, 3.05) is 0 Å². The van der Waals surface area contributed by atoms with Crippen molar-refractivity contribution < 1.29 is 13.2 Å². The van der Waals surface area contributed by atoms with E-state index in [9.17, 15) is 13.2 Å². The average molecular weight is 304 g/mol. The smallest absolute Gasteiger partial charge is 0.324 e. The Morgan fingerprint density at radius 2 is 1.81 bits per heavy atom. The number of nitrogens with zero attached hydrogens (tertiary/aromatic N) is 3. The minimum absolute atomic E-state index is 0.0650. The Balaban J connectivity index is 2.11. The summed E-state index contributed by atoms with van der Waals surface area (Å²) in [5, 5.41) is 8.30. The van der Waals surface area contributed by atoms with E-state index in [2.05, 4.69) is 24.0 Å². The highest BCUT2D eigenvalue weighted by atomic mass is 19.4. The van der Waals surface area contributed by atoms with E-state index in [1.54, 1.807) is 0 Å². The summed E-state index contributed by atoms with van der Waals surface area (Å²) in [4.78, 5) is 0. The van der Waals surface area contributed by atoms with Crippen LogP contribution in [0.25, 0.3) is 0 Å². The van der Waals surface area contributed by atoms with Crippen LogP contribution in [0.5, 0.6) is 0 Å². The van der Waals surface area contributed by atoms with Gasteiger partial charge in [-0.3, -0.25) is 0 Å². The Hall–Kier alpha value is -1.11. The molecule has 0 aromatic carbocycles. The predicted octanol–water partition coefficient (Wildman–Crippen LogP) is 3.23. The maximum absolute atomic E-state index is 12.7. The van der Waals surface area contributed by atoms with Gasteiger partial charge in [-0.05, 0) is 31.6 Å². The molecule has 2 N–H and O–H groups in total. The fourth-order valence-corrected chi connectivity index (χ4v) is 3.05. The molecule has 1 aromatic rings. The number of nitrogens with two attached hydrogens (primary N) is 1. The monoisotopic (exact) mass is 304 g/mol. The van der Waals surface area contributed by atoms with Crippen molar-refractivity contribution >= 4 is 0 Å². The van der Waals surface area contributed by atoms with Crippen molar-refractivity contribution in [2.45, 2.75) is 64.7 Å². The van der Waals surface area contributed by atoms with Crippen LogP contribution in [0.15, 0.2) is 0 Å². The first-order valence-corrected chi connectivity index (χ1v) is 7.51. The minimum atomic E-state index is -4.07. The molecule has 0 saturated heterocycles. The van der Waals surface area contributed by atoms with E-state index >= 15 is 0 Å². The molecule has 1 fully saturated rings. The highest BCUT2D eigenvalue weighted by Gasteiger charge is 2.42. The van der Waals surface area contributed by atoms with Gasteiger partial charge >= 0.3 is 6.18 Å². The molecular weight excluding hydrogens is 281 g/mol. The first-order chi connectivity index (χ1) is 9.82. The summed E-state index contributed by atoms with van der Waals surface area (Å²) in [7, 11) is 0. The summed E-state index contributed by atoms with van der Waals surface area (Å²) in [6, 6.07) is 0. The molecule has 7 heteroatoms. The molecule has 21 heavy (non-hydrogen) atoms. The third-order valence-electron chi connectivity index (χ3n) is 4.14. The largest absolute Gasteiger partial charge is 0.391 e. The number of aromatic nitrogens is 3. The molecule has 0 unspecified atom stereocenters. The number of rotatable bonds is 4. The van der Waals surface area contributed by atoms with Crippen molar-refractivity contribution in [2.24, 2.45) is 17.6 Å². The quantitative estimate of drug-likeness (QED) is 0.929. The Morgan fingerprint density at radius 1 is 1.19 bits per heavy atom. The van der Waals surface area contributed by atoms with Gasteiger partial charge in [-0.2, -0.15) is 13.2 Å². The molecule has 0 radical (unpaired) electrons. The molecule has 2 rings (SSSR count). The van der Waals surface area contributed by atoms with E-state index in [0.717, 1.165) is 18.2 Å². The highest BCUT2D eigenvalue weighted by molar-refractivity contribution is 5.04. The van der Waals surface area contributed by atoms with Crippen LogP contribution in [0.2, 0.25) is 0 Å². The summed E-state index contributed by atoms with van der Waals surface area (Å²) >= 11 is 0. The van der Waals surface area contributed by atoms with Crippen molar-refractivity contribution in [1.82, 2.24) is 14.8 Å². The van der Waals surface area contributed by atoms with Crippen LogP contribution in [0.1, 0.15) is 57.1 Å². The first-order valence-electron chi connectivity index (χ1n) is 7.51. The first kappa shape index (κ1) is 16.3. The Morgan fingerprint density at radius 3 is 2.29 bits per heavy atom. The molecule has 4 nitrogen and oxygen atoms in total. The van der Waals surface area contributed by atoms with Gasteiger partial charge in [0.1, 0.15) is 11.6 Å². The molecule has 0 amide bonds. The topological polar surface area (TPSA) is 56.7 Å². The number of hydrogen-bond acceptors (Lipinski definition) is 3. The van der Waals surface area contributed by atoms with Gasteiger partial charge in [0.05, 0.1) is 12.5 Å². The molecule has 0 atom stereocenters. The van der Waals surface area contributed by atoms with Crippen LogP contribution in [0.4, 0.5) is 13.2 Å². The second kappa shape index (κ2) is 6.34. The lowest BCUT2D eigenvalue weighted by atomic mass is 9.81. The zero-order chi connectivity index (χ0) is 15.6.